The Bertz CT molecular complexity index is 1070. The van der Waals surface area contributed by atoms with Crippen LogP contribution in [0.5, 0.6) is 0 Å². The normalized spacial score (nSPS) is 11.2. The summed E-state index contributed by atoms with van der Waals surface area (Å²) in [6, 6.07) is 8.37. The van der Waals surface area contributed by atoms with E-state index < -0.39 is 0 Å². The third-order valence-corrected chi connectivity index (χ3v) is 7.71. The van der Waals surface area contributed by atoms with Gasteiger partial charge in [0.05, 0.1) is 11.1 Å². The van der Waals surface area contributed by atoms with Crippen molar-refractivity contribution in [2.45, 2.75) is 44.3 Å². The molecule has 3 rings (SSSR count). The second kappa shape index (κ2) is 9.82. The molecule has 2 heterocycles. The summed E-state index contributed by atoms with van der Waals surface area (Å²) in [7, 11) is 0. The summed E-state index contributed by atoms with van der Waals surface area (Å²) in [4.78, 5) is 32.8. The van der Waals surface area contributed by atoms with Crippen LogP contribution in [-0.4, -0.2) is 33.5 Å². The molecule has 1 aromatic carbocycles. The van der Waals surface area contributed by atoms with E-state index in [1.54, 1.807) is 16.3 Å². The minimum absolute atomic E-state index is 0.0169. The second-order valence-corrected chi connectivity index (χ2v) is 10.0. The van der Waals surface area contributed by atoms with E-state index in [0.717, 1.165) is 21.0 Å². The van der Waals surface area contributed by atoms with E-state index in [9.17, 15) is 9.59 Å². The number of aryl methyl sites for hydroxylation is 3. The fourth-order valence-corrected chi connectivity index (χ4v) is 5.60. The Morgan fingerprint density at radius 2 is 1.90 bits per heavy atom. The maximum Gasteiger partial charge on any atom is 0.263 e. The molecule has 0 bridgehead atoms. The molecule has 29 heavy (non-hydrogen) atoms. The number of aromatic nitrogens is 2. The highest BCUT2D eigenvalue weighted by Gasteiger charge is 2.16. The largest absolute Gasteiger partial charge is 0.355 e. The van der Waals surface area contributed by atoms with Crippen molar-refractivity contribution in [3.8, 4) is 0 Å². The lowest BCUT2D eigenvalue weighted by molar-refractivity contribution is -0.118. The molecule has 0 aliphatic rings. The first-order valence-corrected chi connectivity index (χ1v) is 12.3. The lowest BCUT2D eigenvalue weighted by atomic mass is 10.2. The molecule has 1 N–H and O–H groups in total. The van der Waals surface area contributed by atoms with Gasteiger partial charge in [0.15, 0.2) is 5.16 Å². The first kappa shape index (κ1) is 21.9. The molecule has 0 aliphatic carbocycles. The van der Waals surface area contributed by atoms with Gasteiger partial charge in [-0.15, -0.1) is 23.1 Å². The van der Waals surface area contributed by atoms with Crippen molar-refractivity contribution >= 4 is 51.0 Å². The van der Waals surface area contributed by atoms with Crippen molar-refractivity contribution in [3.63, 3.8) is 0 Å². The van der Waals surface area contributed by atoms with Crippen molar-refractivity contribution in [2.24, 2.45) is 0 Å². The van der Waals surface area contributed by atoms with Gasteiger partial charge in [-0.05, 0) is 45.4 Å². The first-order chi connectivity index (χ1) is 13.9. The number of nitrogens with zero attached hydrogens (tertiary/aromatic N) is 2. The van der Waals surface area contributed by atoms with Gasteiger partial charge in [0.1, 0.15) is 4.83 Å². The van der Waals surface area contributed by atoms with E-state index in [1.807, 2.05) is 20.8 Å². The number of thiophene rings is 1. The van der Waals surface area contributed by atoms with Gasteiger partial charge < -0.3 is 5.32 Å². The van der Waals surface area contributed by atoms with Gasteiger partial charge in [0, 0.05) is 28.6 Å². The molecule has 3 aromatic rings. The molecule has 2 aromatic heterocycles. The zero-order chi connectivity index (χ0) is 21.0. The summed E-state index contributed by atoms with van der Waals surface area (Å²) >= 11 is 4.58. The highest BCUT2D eigenvalue weighted by atomic mass is 32.2. The molecule has 0 saturated heterocycles. The Morgan fingerprint density at radius 3 is 2.59 bits per heavy atom. The molecule has 0 unspecified atom stereocenters. The molecule has 5 nitrogen and oxygen atoms in total. The number of hydrogen-bond acceptors (Lipinski definition) is 6. The average molecular weight is 448 g/mol. The van der Waals surface area contributed by atoms with Crippen LogP contribution in [0.2, 0.25) is 0 Å². The first-order valence-electron chi connectivity index (χ1n) is 9.50. The third-order valence-electron chi connectivity index (χ3n) is 4.62. The summed E-state index contributed by atoms with van der Waals surface area (Å²) in [5.41, 5.74) is 2.23. The molecule has 0 aliphatic heterocycles. The number of benzene rings is 1. The van der Waals surface area contributed by atoms with Gasteiger partial charge >= 0.3 is 0 Å². The molecule has 0 atom stereocenters. The van der Waals surface area contributed by atoms with Crippen molar-refractivity contribution < 1.29 is 4.79 Å². The summed E-state index contributed by atoms with van der Waals surface area (Å²) in [6.07, 6.45) is 0. The summed E-state index contributed by atoms with van der Waals surface area (Å²) in [5, 5.41) is 4.26. The monoisotopic (exact) mass is 447 g/mol. The molecular weight excluding hydrogens is 422 g/mol. The minimum atomic E-state index is -0.0463. The lowest BCUT2D eigenvalue weighted by Crippen LogP contribution is -2.28. The number of thioether (sulfide) groups is 2. The quantitative estimate of drug-likeness (QED) is 0.315. The van der Waals surface area contributed by atoms with E-state index in [2.05, 4.69) is 41.5 Å². The van der Waals surface area contributed by atoms with Gasteiger partial charge in [0.25, 0.3) is 5.56 Å². The number of carbonyl (C=O) groups is 1. The SMILES string of the molecule is CCn1c(SCC(=O)NCCSc2ccc(C)cc2)nc2sc(C)c(C)c2c1=O. The number of rotatable bonds is 8. The van der Waals surface area contributed by atoms with E-state index >= 15 is 0 Å². The van der Waals surface area contributed by atoms with Crippen LogP contribution >= 0.6 is 34.9 Å². The molecule has 154 valence electrons. The topological polar surface area (TPSA) is 64.0 Å². The van der Waals surface area contributed by atoms with Gasteiger partial charge in [-0.2, -0.15) is 0 Å². The van der Waals surface area contributed by atoms with Crippen LogP contribution in [0, 0.1) is 20.8 Å². The zero-order valence-corrected chi connectivity index (χ0v) is 19.5. The lowest BCUT2D eigenvalue weighted by Gasteiger charge is -2.10. The molecule has 0 spiro atoms. The van der Waals surface area contributed by atoms with Crippen LogP contribution in [0.4, 0.5) is 0 Å². The van der Waals surface area contributed by atoms with Crippen LogP contribution in [0.1, 0.15) is 22.9 Å². The fourth-order valence-electron chi connectivity index (χ4n) is 2.87. The maximum atomic E-state index is 12.8. The highest BCUT2D eigenvalue weighted by molar-refractivity contribution is 7.99. The number of fused-ring (bicyclic) bond motifs is 1. The van der Waals surface area contributed by atoms with Crippen LogP contribution in [-0.2, 0) is 11.3 Å². The van der Waals surface area contributed by atoms with E-state index in [4.69, 9.17) is 0 Å². The minimum Gasteiger partial charge on any atom is -0.355 e. The van der Waals surface area contributed by atoms with Crippen LogP contribution < -0.4 is 10.9 Å². The van der Waals surface area contributed by atoms with Crippen molar-refractivity contribution in [1.82, 2.24) is 14.9 Å². The Morgan fingerprint density at radius 1 is 1.17 bits per heavy atom. The summed E-state index contributed by atoms with van der Waals surface area (Å²) in [5.74, 6) is 1.02. The molecular formula is C21H25N3O2S3. The van der Waals surface area contributed by atoms with Crippen LogP contribution in [0.25, 0.3) is 10.2 Å². The predicted molar refractivity (Wildman–Crippen MR) is 125 cm³/mol. The molecule has 0 radical (unpaired) electrons. The smallest absolute Gasteiger partial charge is 0.263 e. The van der Waals surface area contributed by atoms with Gasteiger partial charge in [0.2, 0.25) is 5.91 Å². The Kier molecular flexibility index (Phi) is 7.43. The number of hydrogen-bond donors (Lipinski definition) is 1. The van der Waals surface area contributed by atoms with Crippen LogP contribution in [0.15, 0.2) is 39.1 Å². The predicted octanol–water partition coefficient (Wildman–Crippen LogP) is 4.40. The number of carbonyl (C=O) groups excluding carboxylic acids is 1. The van der Waals surface area contributed by atoms with E-state index in [1.165, 1.54) is 33.6 Å². The van der Waals surface area contributed by atoms with Gasteiger partial charge in [-0.1, -0.05) is 29.5 Å². The standard InChI is InChI=1S/C21H25N3O2S3/c1-5-24-20(26)18-14(3)15(4)29-19(18)23-21(24)28-12-17(25)22-10-11-27-16-8-6-13(2)7-9-16/h6-9H,5,10-12H2,1-4H3,(H,22,25). The van der Waals surface area contributed by atoms with Crippen LogP contribution in [0.3, 0.4) is 0 Å². The van der Waals surface area contributed by atoms with Crippen molar-refractivity contribution in [3.05, 3.63) is 50.6 Å². The summed E-state index contributed by atoms with van der Waals surface area (Å²) < 4.78 is 1.66. The van der Waals surface area contributed by atoms with E-state index in [0.29, 0.717) is 23.6 Å². The Labute approximate surface area is 183 Å². The number of nitrogens with one attached hydrogen (secondary N) is 1. The third kappa shape index (κ3) is 5.24. The maximum absolute atomic E-state index is 12.8. The molecule has 0 fully saturated rings. The molecule has 1 amide bonds. The zero-order valence-electron chi connectivity index (χ0n) is 17.1. The number of amides is 1. The Balaban J connectivity index is 1.56. The van der Waals surface area contributed by atoms with Crippen molar-refractivity contribution in [1.29, 1.82) is 0 Å². The van der Waals surface area contributed by atoms with Gasteiger partial charge in [-0.3, -0.25) is 14.2 Å². The van der Waals surface area contributed by atoms with Gasteiger partial charge in [-0.25, -0.2) is 4.98 Å². The molecule has 8 heteroatoms. The second-order valence-electron chi connectivity index (χ2n) is 6.71. The Hall–Kier alpha value is -1.77. The van der Waals surface area contributed by atoms with Crippen molar-refractivity contribution in [2.75, 3.05) is 18.1 Å². The van der Waals surface area contributed by atoms with E-state index in [-0.39, 0.29) is 17.2 Å². The average Bonchev–Trinajstić information content (AvgIpc) is 2.99. The fraction of sp³-hybridized carbons (Fsp3) is 0.381. The highest BCUT2D eigenvalue weighted by Crippen LogP contribution is 2.28. The molecule has 0 saturated carbocycles. The summed E-state index contributed by atoms with van der Waals surface area (Å²) in [6.45, 7) is 9.10.